The number of anilines is 1. The van der Waals surface area contributed by atoms with Crippen LogP contribution in [0.4, 0.5) is 5.82 Å². The van der Waals surface area contributed by atoms with E-state index in [4.69, 9.17) is 31.0 Å². The Balaban J connectivity index is 1.72. The number of ether oxygens (including phenoxy) is 2. The Kier molecular flexibility index (Phi) is 4.66. The van der Waals surface area contributed by atoms with Gasteiger partial charge in [-0.3, -0.25) is 10.8 Å². The van der Waals surface area contributed by atoms with E-state index in [2.05, 4.69) is 21.8 Å². The zero-order chi connectivity index (χ0) is 19.7. The van der Waals surface area contributed by atoms with Gasteiger partial charge in [-0.1, -0.05) is 0 Å². The first-order chi connectivity index (χ1) is 13.5. The van der Waals surface area contributed by atoms with Gasteiger partial charge >= 0.3 is 0 Å². The summed E-state index contributed by atoms with van der Waals surface area (Å²) >= 11 is 0. The Morgan fingerprint density at radius 2 is 2.21 bits per heavy atom. The number of nitrogens with two attached hydrogens (primary N) is 1. The minimum absolute atomic E-state index is 0.182. The Morgan fingerprint density at radius 1 is 1.36 bits per heavy atom. The average molecular weight is 379 g/mol. The lowest BCUT2D eigenvalue weighted by atomic mass is 10.1. The zero-order valence-corrected chi connectivity index (χ0v) is 15.4. The maximum absolute atomic E-state index is 7.95. The van der Waals surface area contributed by atoms with Gasteiger partial charge in [0, 0.05) is 41.0 Å². The second-order valence-corrected chi connectivity index (χ2v) is 6.61. The van der Waals surface area contributed by atoms with Crippen LogP contribution in [0.3, 0.4) is 0 Å². The van der Waals surface area contributed by atoms with Gasteiger partial charge in [-0.25, -0.2) is 9.97 Å². The van der Waals surface area contributed by atoms with E-state index >= 15 is 0 Å². The summed E-state index contributed by atoms with van der Waals surface area (Å²) in [6, 6.07) is 7.02. The summed E-state index contributed by atoms with van der Waals surface area (Å²) in [6.45, 7) is 4.25. The van der Waals surface area contributed by atoms with Crippen LogP contribution in [0.1, 0.15) is 12.5 Å². The SMILES string of the molecule is CC1COCCN1c1ccnc(-c2c[nH]c3ccc(C(=N)OC(=N)N)cc23)n1. The summed E-state index contributed by atoms with van der Waals surface area (Å²) in [4.78, 5) is 14.6. The third-order valence-corrected chi connectivity index (χ3v) is 4.70. The molecule has 0 bridgehead atoms. The van der Waals surface area contributed by atoms with Crippen molar-refractivity contribution >= 4 is 28.6 Å². The van der Waals surface area contributed by atoms with Crippen molar-refractivity contribution in [3.8, 4) is 11.4 Å². The second-order valence-electron chi connectivity index (χ2n) is 6.61. The molecular weight excluding hydrogens is 358 g/mol. The predicted octanol–water partition coefficient (Wildman–Crippen LogP) is 2.09. The monoisotopic (exact) mass is 379 g/mol. The second kappa shape index (κ2) is 7.28. The number of hydrogen-bond acceptors (Lipinski definition) is 7. The Labute approximate surface area is 161 Å². The Morgan fingerprint density at radius 3 is 3.00 bits per heavy atom. The van der Waals surface area contributed by atoms with Crippen LogP contribution in [0.25, 0.3) is 22.3 Å². The van der Waals surface area contributed by atoms with Gasteiger partial charge in [-0.05, 0) is 31.2 Å². The summed E-state index contributed by atoms with van der Waals surface area (Å²) in [5, 5.41) is 16.0. The lowest BCUT2D eigenvalue weighted by Gasteiger charge is -2.34. The van der Waals surface area contributed by atoms with E-state index in [1.807, 2.05) is 18.3 Å². The van der Waals surface area contributed by atoms with Crippen LogP contribution < -0.4 is 10.6 Å². The fourth-order valence-corrected chi connectivity index (χ4v) is 3.32. The lowest BCUT2D eigenvalue weighted by Crippen LogP contribution is -2.44. The minimum atomic E-state index is -0.518. The highest BCUT2D eigenvalue weighted by molar-refractivity contribution is 6.03. The highest BCUT2D eigenvalue weighted by Crippen LogP contribution is 2.29. The van der Waals surface area contributed by atoms with E-state index < -0.39 is 6.02 Å². The molecule has 28 heavy (non-hydrogen) atoms. The molecule has 2 aromatic heterocycles. The lowest BCUT2D eigenvalue weighted by molar-refractivity contribution is 0.0985. The van der Waals surface area contributed by atoms with E-state index in [0.29, 0.717) is 24.6 Å². The number of benzene rings is 1. The molecule has 0 saturated carbocycles. The highest BCUT2D eigenvalue weighted by atomic mass is 16.5. The van der Waals surface area contributed by atoms with E-state index in [1.165, 1.54) is 0 Å². The number of fused-ring (bicyclic) bond motifs is 1. The van der Waals surface area contributed by atoms with Gasteiger partial charge in [0.2, 0.25) is 5.90 Å². The summed E-state index contributed by atoms with van der Waals surface area (Å²) in [6.07, 6.45) is 3.61. The molecule has 1 aliphatic heterocycles. The van der Waals surface area contributed by atoms with Crippen LogP contribution >= 0.6 is 0 Å². The third kappa shape index (κ3) is 3.39. The number of hydrogen-bond donors (Lipinski definition) is 4. The standard InChI is InChI=1S/C19H21N7O2/c1-11-10-27-7-6-26(11)16-4-5-23-18(25-16)14-9-24-15-3-2-12(8-13(14)15)17(20)28-19(21)22/h2-5,8-9,11,20,24H,6-7,10H2,1H3,(H3,21,22). The molecule has 3 heterocycles. The van der Waals surface area contributed by atoms with Gasteiger partial charge in [0.05, 0.1) is 19.3 Å². The minimum Gasteiger partial charge on any atom is -0.407 e. The van der Waals surface area contributed by atoms with Crippen molar-refractivity contribution in [2.45, 2.75) is 13.0 Å². The molecule has 0 spiro atoms. The third-order valence-electron chi connectivity index (χ3n) is 4.70. The molecule has 1 aliphatic rings. The molecule has 9 heteroatoms. The van der Waals surface area contributed by atoms with Crippen LogP contribution in [-0.2, 0) is 9.47 Å². The van der Waals surface area contributed by atoms with Crippen molar-refractivity contribution in [1.29, 1.82) is 10.8 Å². The number of amidine groups is 1. The molecule has 144 valence electrons. The molecule has 9 nitrogen and oxygen atoms in total. The molecule has 0 radical (unpaired) electrons. The van der Waals surface area contributed by atoms with Crippen LogP contribution in [0, 0.1) is 10.8 Å². The first kappa shape index (κ1) is 17.9. The van der Waals surface area contributed by atoms with Crippen molar-refractivity contribution in [2.75, 3.05) is 24.7 Å². The summed E-state index contributed by atoms with van der Waals surface area (Å²) < 4.78 is 10.4. The Hall–Kier alpha value is -3.46. The van der Waals surface area contributed by atoms with Gasteiger partial charge in [0.15, 0.2) is 5.82 Å². The first-order valence-corrected chi connectivity index (χ1v) is 8.92. The maximum atomic E-state index is 7.95. The number of nitrogens with one attached hydrogen (secondary N) is 3. The van der Waals surface area contributed by atoms with Gasteiger partial charge in [-0.2, -0.15) is 0 Å². The van der Waals surface area contributed by atoms with Crippen molar-refractivity contribution in [1.82, 2.24) is 15.0 Å². The molecule has 3 aromatic rings. The average Bonchev–Trinajstić information content (AvgIpc) is 3.11. The molecule has 1 atom stereocenters. The van der Waals surface area contributed by atoms with Gasteiger partial charge < -0.3 is 25.1 Å². The number of rotatable bonds is 3. The molecule has 5 N–H and O–H groups in total. The van der Waals surface area contributed by atoms with E-state index in [-0.39, 0.29) is 11.9 Å². The molecule has 0 aliphatic carbocycles. The maximum Gasteiger partial charge on any atom is 0.285 e. The van der Waals surface area contributed by atoms with Crippen molar-refractivity contribution in [3.05, 3.63) is 42.2 Å². The zero-order valence-electron chi connectivity index (χ0n) is 15.4. The van der Waals surface area contributed by atoms with Crippen molar-refractivity contribution < 1.29 is 9.47 Å². The molecule has 1 unspecified atom stereocenters. The van der Waals surface area contributed by atoms with Crippen LogP contribution in [0.5, 0.6) is 0 Å². The summed E-state index contributed by atoms with van der Waals surface area (Å²) in [7, 11) is 0. The topological polar surface area (TPSA) is 137 Å². The fraction of sp³-hybridized carbons (Fsp3) is 0.263. The summed E-state index contributed by atoms with van der Waals surface area (Å²) in [5.74, 6) is 1.27. The normalized spacial score (nSPS) is 16.9. The predicted molar refractivity (Wildman–Crippen MR) is 107 cm³/mol. The molecular formula is C19H21N7O2. The summed E-state index contributed by atoms with van der Waals surface area (Å²) in [5.41, 5.74) is 7.46. The first-order valence-electron chi connectivity index (χ1n) is 8.92. The van der Waals surface area contributed by atoms with E-state index in [9.17, 15) is 0 Å². The van der Waals surface area contributed by atoms with Crippen LogP contribution in [-0.4, -0.2) is 52.7 Å². The number of morpholine rings is 1. The van der Waals surface area contributed by atoms with Gasteiger partial charge in [0.25, 0.3) is 6.02 Å². The van der Waals surface area contributed by atoms with Crippen LogP contribution in [0.15, 0.2) is 36.7 Å². The number of H-pyrrole nitrogens is 1. The quantitative estimate of drug-likeness (QED) is 0.406. The Bertz CT molecular complexity index is 1050. The number of nitrogens with zero attached hydrogens (tertiary/aromatic N) is 3. The molecule has 1 aromatic carbocycles. The smallest absolute Gasteiger partial charge is 0.285 e. The fourth-order valence-electron chi connectivity index (χ4n) is 3.32. The van der Waals surface area contributed by atoms with Crippen molar-refractivity contribution in [3.63, 3.8) is 0 Å². The molecule has 1 saturated heterocycles. The molecule has 1 fully saturated rings. The number of aromatic nitrogens is 3. The van der Waals surface area contributed by atoms with E-state index in [0.717, 1.165) is 28.8 Å². The van der Waals surface area contributed by atoms with Gasteiger partial charge in [-0.15, -0.1) is 0 Å². The van der Waals surface area contributed by atoms with Gasteiger partial charge in [0.1, 0.15) is 5.82 Å². The van der Waals surface area contributed by atoms with Crippen molar-refractivity contribution in [2.24, 2.45) is 5.73 Å². The number of aromatic amines is 1. The largest absolute Gasteiger partial charge is 0.407 e. The highest BCUT2D eigenvalue weighted by Gasteiger charge is 2.21. The molecule has 0 amide bonds. The van der Waals surface area contributed by atoms with E-state index in [1.54, 1.807) is 18.3 Å². The van der Waals surface area contributed by atoms with Crippen LogP contribution in [0.2, 0.25) is 0 Å². The molecule has 4 rings (SSSR count).